The third-order valence-electron chi connectivity index (χ3n) is 6.07. The van der Waals surface area contributed by atoms with Gasteiger partial charge in [0.15, 0.2) is 0 Å². The lowest BCUT2D eigenvalue weighted by molar-refractivity contribution is 0.104. The molecule has 158 valence electrons. The molecule has 30 heavy (non-hydrogen) atoms. The molecule has 0 spiro atoms. The van der Waals surface area contributed by atoms with E-state index in [0.29, 0.717) is 6.04 Å². The number of imidazole rings is 1. The van der Waals surface area contributed by atoms with Crippen LogP contribution >= 0.6 is 0 Å². The summed E-state index contributed by atoms with van der Waals surface area (Å²) in [5, 5.41) is 0. The maximum atomic E-state index is 4.91. The molecule has 0 aliphatic carbocycles. The molecule has 4 heteroatoms. The predicted octanol–water partition coefficient (Wildman–Crippen LogP) is 4.92. The van der Waals surface area contributed by atoms with E-state index >= 15 is 0 Å². The minimum atomic E-state index is 0.0558. The van der Waals surface area contributed by atoms with Crippen LogP contribution in [0.25, 0.3) is 0 Å². The monoisotopic (exact) mass is 402 g/mol. The van der Waals surface area contributed by atoms with E-state index in [9.17, 15) is 0 Å². The highest BCUT2D eigenvalue weighted by molar-refractivity contribution is 5.32. The summed E-state index contributed by atoms with van der Waals surface area (Å²) in [6, 6.07) is 22.1. The fourth-order valence-corrected chi connectivity index (χ4v) is 4.28. The molecule has 2 heterocycles. The van der Waals surface area contributed by atoms with Crippen LogP contribution in [-0.2, 0) is 12.0 Å². The number of benzene rings is 2. The van der Waals surface area contributed by atoms with Crippen LogP contribution in [-0.4, -0.2) is 45.9 Å². The normalized spacial score (nSPS) is 16.3. The fourth-order valence-electron chi connectivity index (χ4n) is 4.28. The average Bonchev–Trinajstić information content (AvgIpc) is 3.12. The van der Waals surface area contributed by atoms with Gasteiger partial charge in [-0.1, -0.05) is 81.4 Å². The van der Waals surface area contributed by atoms with E-state index in [4.69, 9.17) is 4.98 Å². The van der Waals surface area contributed by atoms with Gasteiger partial charge in [0.1, 0.15) is 5.82 Å². The van der Waals surface area contributed by atoms with Crippen molar-refractivity contribution in [1.82, 2.24) is 19.8 Å². The zero-order chi connectivity index (χ0) is 21.1. The van der Waals surface area contributed by atoms with E-state index in [1.807, 2.05) is 0 Å². The fraction of sp³-hybridized carbons (Fsp3) is 0.423. The zero-order valence-electron chi connectivity index (χ0n) is 18.7. The van der Waals surface area contributed by atoms with E-state index in [0.717, 1.165) is 38.5 Å². The van der Waals surface area contributed by atoms with Crippen molar-refractivity contribution in [2.24, 2.45) is 0 Å². The van der Waals surface area contributed by atoms with Crippen molar-refractivity contribution in [3.63, 3.8) is 0 Å². The number of nitrogens with one attached hydrogen (secondary N) is 1. The summed E-state index contributed by atoms with van der Waals surface area (Å²) in [7, 11) is 0. The number of piperazine rings is 1. The molecule has 1 aliphatic rings. The van der Waals surface area contributed by atoms with Crippen molar-refractivity contribution in [2.45, 2.75) is 45.7 Å². The van der Waals surface area contributed by atoms with Crippen LogP contribution in [0.3, 0.4) is 0 Å². The van der Waals surface area contributed by atoms with Gasteiger partial charge in [0.2, 0.25) is 0 Å². The van der Waals surface area contributed by atoms with Crippen LogP contribution in [0.1, 0.15) is 55.2 Å². The van der Waals surface area contributed by atoms with E-state index < -0.39 is 0 Å². The number of nitrogens with zero attached hydrogens (tertiary/aromatic N) is 3. The van der Waals surface area contributed by atoms with Crippen LogP contribution < -0.4 is 0 Å². The molecular formula is C26H34N4. The van der Waals surface area contributed by atoms with Gasteiger partial charge in [-0.05, 0) is 18.1 Å². The SMILES string of the molecule is Cc1[nH]c(C(C)(C)C)nc1CN1CCN(C(c2ccccc2)c2ccccc2)CC1. The summed E-state index contributed by atoms with van der Waals surface area (Å²) in [4.78, 5) is 13.6. The number of rotatable bonds is 5. The lowest BCUT2D eigenvalue weighted by Gasteiger charge is -2.39. The van der Waals surface area contributed by atoms with Crippen molar-refractivity contribution in [2.75, 3.05) is 26.2 Å². The number of hydrogen-bond acceptors (Lipinski definition) is 3. The second kappa shape index (κ2) is 8.75. The smallest absolute Gasteiger partial charge is 0.112 e. The molecule has 1 N–H and O–H groups in total. The molecule has 4 rings (SSSR count). The Morgan fingerprint density at radius 2 is 1.40 bits per heavy atom. The first-order chi connectivity index (χ1) is 14.4. The largest absolute Gasteiger partial charge is 0.345 e. The number of H-pyrrole nitrogens is 1. The minimum Gasteiger partial charge on any atom is -0.345 e. The van der Waals surface area contributed by atoms with Crippen LogP contribution in [0.4, 0.5) is 0 Å². The summed E-state index contributed by atoms with van der Waals surface area (Å²) in [6.07, 6.45) is 0. The summed E-state index contributed by atoms with van der Waals surface area (Å²) >= 11 is 0. The van der Waals surface area contributed by atoms with Crippen molar-refractivity contribution in [3.8, 4) is 0 Å². The van der Waals surface area contributed by atoms with Gasteiger partial charge in [-0.25, -0.2) is 4.98 Å². The third kappa shape index (κ3) is 4.66. The molecule has 4 nitrogen and oxygen atoms in total. The van der Waals surface area contributed by atoms with Crippen molar-refractivity contribution >= 4 is 0 Å². The molecule has 0 amide bonds. The molecular weight excluding hydrogens is 368 g/mol. The van der Waals surface area contributed by atoms with E-state index in [1.165, 1.54) is 22.5 Å². The Bertz CT molecular complexity index is 893. The number of aromatic nitrogens is 2. The van der Waals surface area contributed by atoms with Gasteiger partial charge in [-0.15, -0.1) is 0 Å². The first-order valence-electron chi connectivity index (χ1n) is 11.0. The van der Waals surface area contributed by atoms with Crippen LogP contribution in [0.2, 0.25) is 0 Å². The van der Waals surface area contributed by atoms with E-state index in [-0.39, 0.29) is 5.41 Å². The topological polar surface area (TPSA) is 35.2 Å². The van der Waals surface area contributed by atoms with Crippen molar-refractivity contribution in [3.05, 3.63) is 89.0 Å². The number of aromatic amines is 1. The van der Waals surface area contributed by atoms with Gasteiger partial charge in [0.05, 0.1) is 11.7 Å². The Morgan fingerprint density at radius 1 is 0.867 bits per heavy atom. The number of hydrogen-bond donors (Lipinski definition) is 1. The van der Waals surface area contributed by atoms with Crippen molar-refractivity contribution in [1.29, 1.82) is 0 Å². The van der Waals surface area contributed by atoms with Gasteiger partial charge < -0.3 is 4.98 Å². The summed E-state index contributed by atoms with van der Waals surface area (Å²) in [6.45, 7) is 13.9. The van der Waals surface area contributed by atoms with Gasteiger partial charge in [-0.3, -0.25) is 9.80 Å². The maximum Gasteiger partial charge on any atom is 0.112 e. The third-order valence-corrected chi connectivity index (χ3v) is 6.07. The predicted molar refractivity (Wildman–Crippen MR) is 124 cm³/mol. The van der Waals surface area contributed by atoms with Crippen molar-refractivity contribution < 1.29 is 0 Å². The Morgan fingerprint density at radius 3 is 1.87 bits per heavy atom. The first kappa shape index (κ1) is 20.8. The molecule has 3 aromatic rings. The molecule has 0 saturated carbocycles. The van der Waals surface area contributed by atoms with Gasteiger partial charge in [0, 0.05) is 43.8 Å². The molecule has 2 aromatic carbocycles. The summed E-state index contributed by atoms with van der Waals surface area (Å²) in [5.74, 6) is 1.09. The van der Waals surface area contributed by atoms with Gasteiger partial charge >= 0.3 is 0 Å². The lowest BCUT2D eigenvalue weighted by atomic mass is 9.96. The molecule has 1 fully saturated rings. The molecule has 0 radical (unpaired) electrons. The molecule has 0 bridgehead atoms. The first-order valence-corrected chi connectivity index (χ1v) is 11.0. The van der Waals surface area contributed by atoms with E-state index in [2.05, 4.69) is 103 Å². The second-order valence-corrected chi connectivity index (χ2v) is 9.44. The quantitative estimate of drug-likeness (QED) is 0.658. The molecule has 0 unspecified atom stereocenters. The highest BCUT2D eigenvalue weighted by atomic mass is 15.3. The molecule has 0 atom stereocenters. The Labute approximate surface area is 181 Å². The second-order valence-electron chi connectivity index (χ2n) is 9.44. The van der Waals surface area contributed by atoms with Gasteiger partial charge in [0.25, 0.3) is 0 Å². The maximum absolute atomic E-state index is 4.91. The molecule has 1 aromatic heterocycles. The zero-order valence-corrected chi connectivity index (χ0v) is 18.7. The minimum absolute atomic E-state index is 0.0558. The average molecular weight is 403 g/mol. The Kier molecular flexibility index (Phi) is 6.07. The molecule has 1 saturated heterocycles. The van der Waals surface area contributed by atoms with Crippen LogP contribution in [0.15, 0.2) is 60.7 Å². The highest BCUT2D eigenvalue weighted by Crippen LogP contribution is 2.30. The molecule has 1 aliphatic heterocycles. The summed E-state index contributed by atoms with van der Waals surface area (Å²) < 4.78 is 0. The van der Waals surface area contributed by atoms with Crippen LogP contribution in [0, 0.1) is 6.92 Å². The Hall–Kier alpha value is -2.43. The van der Waals surface area contributed by atoms with Crippen LogP contribution in [0.5, 0.6) is 0 Å². The standard InChI is InChI=1S/C26H34N4/c1-20-23(28-25(27-20)26(2,3)4)19-29-15-17-30(18-16-29)24(21-11-7-5-8-12-21)22-13-9-6-10-14-22/h5-14,24H,15-19H2,1-4H3,(H,27,28). The lowest BCUT2D eigenvalue weighted by Crippen LogP contribution is -2.47. The highest BCUT2D eigenvalue weighted by Gasteiger charge is 2.27. The number of aryl methyl sites for hydroxylation is 1. The van der Waals surface area contributed by atoms with E-state index in [1.54, 1.807) is 0 Å². The van der Waals surface area contributed by atoms with Gasteiger partial charge in [-0.2, -0.15) is 0 Å². The Balaban J connectivity index is 1.46. The summed E-state index contributed by atoms with van der Waals surface area (Å²) in [5.41, 5.74) is 5.19.